The van der Waals surface area contributed by atoms with Crippen LogP contribution in [0.5, 0.6) is 0 Å². The number of nitrogens with zero attached hydrogens (tertiary/aromatic N) is 1. The van der Waals surface area contributed by atoms with E-state index in [2.05, 4.69) is 10.3 Å². The molecule has 2 rings (SSSR count). The van der Waals surface area contributed by atoms with Gasteiger partial charge in [0.15, 0.2) is 6.67 Å². The van der Waals surface area contributed by atoms with E-state index < -0.39 is 12.1 Å². The van der Waals surface area contributed by atoms with Crippen LogP contribution in [0.4, 0.5) is 0 Å². The zero-order valence-corrected chi connectivity index (χ0v) is 18.9. The fourth-order valence-electron chi connectivity index (χ4n) is 5.04. The van der Waals surface area contributed by atoms with Gasteiger partial charge in [0.05, 0.1) is 24.5 Å². The molecule has 0 aromatic carbocycles. The third-order valence-corrected chi connectivity index (χ3v) is 6.91. The molecule has 31 heavy (non-hydrogen) atoms. The van der Waals surface area contributed by atoms with Crippen LogP contribution in [-0.2, 0) is 9.59 Å². The van der Waals surface area contributed by atoms with Crippen molar-refractivity contribution < 1.29 is 29.8 Å². The standard InChI is InChI=1S/C23H41N3O5/c1-17-22(29)15-21(26-11-10-24-16-26)20(25-17)13-18(9-12-27)7-5-3-2-4-6-8-19(28)14-23(30)31/h10,12,17-22,25,28-29H,2-9,11,13-16H2,1H3,(H,30,31). The molecular formula is C23H41N3O5. The van der Waals surface area contributed by atoms with Crippen molar-refractivity contribution in [2.75, 3.05) is 13.2 Å². The van der Waals surface area contributed by atoms with E-state index in [0.29, 0.717) is 24.8 Å². The summed E-state index contributed by atoms with van der Waals surface area (Å²) in [5.74, 6) is -0.862. The van der Waals surface area contributed by atoms with Crippen molar-refractivity contribution >= 4 is 18.5 Å². The number of hydrogen-bond acceptors (Lipinski definition) is 7. The molecule has 1 fully saturated rings. The average Bonchev–Trinajstić information content (AvgIpc) is 3.24. The van der Waals surface area contributed by atoms with Crippen molar-refractivity contribution in [3.05, 3.63) is 0 Å². The fourth-order valence-corrected chi connectivity index (χ4v) is 5.04. The Balaban J connectivity index is 1.71. The third-order valence-electron chi connectivity index (χ3n) is 6.91. The number of aliphatic imine (C=N–C) groups is 1. The van der Waals surface area contributed by atoms with E-state index in [9.17, 15) is 24.9 Å². The lowest BCUT2D eigenvalue weighted by molar-refractivity contribution is -0.914. The van der Waals surface area contributed by atoms with Crippen LogP contribution in [0.2, 0.25) is 0 Å². The predicted molar refractivity (Wildman–Crippen MR) is 117 cm³/mol. The number of aliphatic hydroxyl groups excluding tert-OH is 2. The Morgan fingerprint density at radius 2 is 2.00 bits per heavy atom. The van der Waals surface area contributed by atoms with Crippen LogP contribution in [-0.4, -0.2) is 72.2 Å². The van der Waals surface area contributed by atoms with E-state index in [0.717, 1.165) is 70.9 Å². The molecule has 0 aromatic heterocycles. The molecule has 178 valence electrons. The molecule has 7 unspecified atom stereocenters. The third kappa shape index (κ3) is 9.35. The molecule has 0 amide bonds. The molecule has 0 radical (unpaired) electrons. The number of nitrogens with one attached hydrogen (secondary N) is 2. The first kappa shape index (κ1) is 25.9. The first-order chi connectivity index (χ1) is 14.9. The van der Waals surface area contributed by atoms with Crippen LogP contribution in [0.25, 0.3) is 0 Å². The molecule has 0 saturated carbocycles. The van der Waals surface area contributed by atoms with Crippen molar-refractivity contribution in [2.24, 2.45) is 10.9 Å². The maximum absolute atomic E-state index is 11.3. The number of carboxylic acids is 1. The van der Waals surface area contributed by atoms with Gasteiger partial charge in [-0.3, -0.25) is 0 Å². The number of quaternary nitrogens is 1. The molecule has 0 bridgehead atoms. The summed E-state index contributed by atoms with van der Waals surface area (Å²) >= 11 is 0. The first-order valence-electron chi connectivity index (χ1n) is 12.0. The molecule has 8 heteroatoms. The van der Waals surface area contributed by atoms with Crippen molar-refractivity contribution in [1.29, 1.82) is 0 Å². The molecule has 2 heterocycles. The normalized spacial score (nSPS) is 30.2. The van der Waals surface area contributed by atoms with Crippen molar-refractivity contribution in [1.82, 2.24) is 5.32 Å². The number of aliphatic carboxylic acids is 1. The van der Waals surface area contributed by atoms with E-state index in [4.69, 9.17) is 0 Å². The van der Waals surface area contributed by atoms with Crippen LogP contribution in [0.3, 0.4) is 0 Å². The number of carboxylic acid groups (broad SMARTS) is 1. The number of aliphatic hydroxyl groups is 2. The highest BCUT2D eigenvalue weighted by Crippen LogP contribution is 2.24. The smallest absolute Gasteiger partial charge is 0.171 e. The zero-order valence-electron chi connectivity index (χ0n) is 18.9. The van der Waals surface area contributed by atoms with Gasteiger partial charge >= 0.3 is 0 Å². The van der Waals surface area contributed by atoms with Crippen molar-refractivity contribution in [3.8, 4) is 0 Å². The lowest BCUT2D eigenvalue weighted by Gasteiger charge is -2.42. The Labute approximate surface area is 186 Å². The number of carbonyl (C=O) groups excluding carboxylic acids is 2. The topological polar surface area (TPSA) is 126 Å². The molecular weight excluding hydrogens is 398 g/mol. The van der Waals surface area contributed by atoms with Gasteiger partial charge in [0.25, 0.3) is 0 Å². The summed E-state index contributed by atoms with van der Waals surface area (Å²) < 4.78 is 0. The highest BCUT2D eigenvalue weighted by Gasteiger charge is 2.40. The number of hydrogen-bond donors (Lipinski definition) is 4. The van der Waals surface area contributed by atoms with Gasteiger partial charge in [-0.05, 0) is 32.1 Å². The second-order valence-corrected chi connectivity index (χ2v) is 9.44. The maximum atomic E-state index is 11.3. The Bertz CT molecular complexity index is 565. The molecule has 4 N–H and O–H groups in total. The van der Waals surface area contributed by atoms with Crippen LogP contribution in [0, 0.1) is 5.92 Å². The van der Waals surface area contributed by atoms with Crippen LogP contribution in [0.1, 0.15) is 77.6 Å². The number of carbonyl (C=O) groups is 2. The summed E-state index contributed by atoms with van der Waals surface area (Å²) in [5.41, 5.74) is 0. The van der Waals surface area contributed by atoms with Gasteiger partial charge in [0, 0.05) is 31.3 Å². The number of piperidine rings is 1. The largest absolute Gasteiger partial charge is 0.550 e. The minimum atomic E-state index is -1.20. The van der Waals surface area contributed by atoms with Gasteiger partial charge < -0.3 is 35.1 Å². The Kier molecular flexibility index (Phi) is 11.6. The van der Waals surface area contributed by atoms with Gasteiger partial charge in [-0.2, -0.15) is 0 Å². The van der Waals surface area contributed by atoms with Gasteiger partial charge in [-0.1, -0.05) is 32.1 Å². The van der Waals surface area contributed by atoms with Gasteiger partial charge in [-0.15, -0.1) is 0 Å². The summed E-state index contributed by atoms with van der Waals surface area (Å²) in [6.45, 7) is 3.70. The van der Waals surface area contributed by atoms with E-state index in [1.54, 1.807) is 0 Å². The molecule has 2 aliphatic rings. The number of unbranched alkanes of at least 4 members (excludes halogenated alkanes) is 4. The van der Waals surface area contributed by atoms with Crippen LogP contribution >= 0.6 is 0 Å². The SMILES string of the molecule is CC1NC(CC(CC=O)CCCCCCCC(O)CC(=O)[O-])C([NH+]2CC=NC2)CC1O. The van der Waals surface area contributed by atoms with Crippen LogP contribution < -0.4 is 15.3 Å². The predicted octanol–water partition coefficient (Wildman–Crippen LogP) is -0.780. The van der Waals surface area contributed by atoms with Gasteiger partial charge in [0.1, 0.15) is 18.9 Å². The molecule has 7 atom stereocenters. The summed E-state index contributed by atoms with van der Waals surface area (Å²) in [7, 11) is 0. The molecule has 0 spiro atoms. The molecule has 0 aromatic rings. The van der Waals surface area contributed by atoms with Crippen molar-refractivity contribution in [2.45, 2.75) is 108 Å². The van der Waals surface area contributed by atoms with E-state index in [1.807, 2.05) is 13.1 Å². The van der Waals surface area contributed by atoms with Crippen LogP contribution in [0.15, 0.2) is 4.99 Å². The van der Waals surface area contributed by atoms with Gasteiger partial charge in [-0.25, -0.2) is 4.99 Å². The first-order valence-corrected chi connectivity index (χ1v) is 12.0. The highest BCUT2D eigenvalue weighted by atomic mass is 16.4. The summed E-state index contributed by atoms with van der Waals surface area (Å²) in [6, 6.07) is 0.661. The van der Waals surface area contributed by atoms with Crippen molar-refractivity contribution in [3.63, 3.8) is 0 Å². The molecule has 0 aliphatic carbocycles. The number of aldehydes is 1. The lowest BCUT2D eigenvalue weighted by atomic mass is 9.83. The lowest BCUT2D eigenvalue weighted by Crippen LogP contribution is -3.16. The quantitative estimate of drug-likeness (QED) is 0.196. The minimum Gasteiger partial charge on any atom is -0.550 e. The fraction of sp³-hybridized carbons (Fsp3) is 0.870. The molecule has 2 aliphatic heterocycles. The summed E-state index contributed by atoms with van der Waals surface area (Å²) in [6.07, 6.45) is 10.4. The maximum Gasteiger partial charge on any atom is 0.171 e. The zero-order chi connectivity index (χ0) is 22.6. The Morgan fingerprint density at radius 3 is 2.65 bits per heavy atom. The molecule has 8 nitrogen and oxygen atoms in total. The van der Waals surface area contributed by atoms with E-state index in [1.165, 1.54) is 4.90 Å². The molecule has 1 saturated heterocycles. The van der Waals surface area contributed by atoms with E-state index >= 15 is 0 Å². The Morgan fingerprint density at radius 1 is 1.29 bits per heavy atom. The minimum absolute atomic E-state index is 0.0633. The monoisotopic (exact) mass is 439 g/mol. The number of rotatable bonds is 15. The summed E-state index contributed by atoms with van der Waals surface area (Å²) in [5, 5.41) is 34.0. The highest BCUT2D eigenvalue weighted by molar-refractivity contribution is 5.64. The summed E-state index contributed by atoms with van der Waals surface area (Å²) in [4.78, 5) is 27.5. The Hall–Kier alpha value is -1.35. The second-order valence-electron chi connectivity index (χ2n) is 9.44. The second kappa shape index (κ2) is 13.9. The van der Waals surface area contributed by atoms with Gasteiger partial charge in [0.2, 0.25) is 0 Å². The average molecular weight is 440 g/mol. The van der Waals surface area contributed by atoms with E-state index in [-0.39, 0.29) is 24.6 Å².